The lowest BCUT2D eigenvalue weighted by Crippen LogP contribution is -2.15. The number of hydrogen-bond acceptors (Lipinski definition) is 4. The van der Waals surface area contributed by atoms with E-state index in [0.717, 1.165) is 32.3 Å². The van der Waals surface area contributed by atoms with Crippen LogP contribution in [-0.2, 0) is 0 Å². The van der Waals surface area contributed by atoms with Crippen molar-refractivity contribution in [3.05, 3.63) is 276 Å². The molecule has 0 N–H and O–H groups in total. The molecule has 0 aliphatic heterocycles. The fourth-order valence-corrected chi connectivity index (χ4v) is 10.6. The smallest absolute Gasteiger partial charge is 0.187 e. The highest BCUT2D eigenvalue weighted by Crippen LogP contribution is 2.52. The molecule has 0 spiro atoms. The first-order valence-corrected chi connectivity index (χ1v) is 24.4. The summed E-state index contributed by atoms with van der Waals surface area (Å²) in [5.41, 5.74) is 8.95. The molecule has 0 heterocycles. The Morgan fingerprint density at radius 3 is 1.16 bits per heavy atom. The lowest BCUT2D eigenvalue weighted by Gasteiger charge is -2.32. The number of nitriles is 2. The van der Waals surface area contributed by atoms with Crippen LogP contribution in [0.15, 0.2) is 231 Å². The Morgan fingerprint density at radius 1 is 0.368 bits per heavy atom. The van der Waals surface area contributed by atoms with Gasteiger partial charge in [-0.15, -0.1) is 0 Å². The molecule has 0 atom stereocenters. The molecule has 354 valence electrons. The molecule has 12 aromatic rings. The van der Waals surface area contributed by atoms with Crippen molar-refractivity contribution in [2.24, 2.45) is 0 Å². The maximum absolute atomic E-state index is 18.4. The van der Waals surface area contributed by atoms with Gasteiger partial charge in [0.15, 0.2) is 23.0 Å². The number of nitrogens with zero attached hydrogens (tertiary/aromatic N) is 6. The largest absolute Gasteiger partial charge is 0.307 e. The zero-order chi connectivity index (χ0) is 51.9. The Balaban J connectivity index is 1.15. The van der Waals surface area contributed by atoms with Gasteiger partial charge in [0.1, 0.15) is 0 Å². The van der Waals surface area contributed by atoms with Crippen LogP contribution < -0.4 is 9.80 Å². The van der Waals surface area contributed by atoms with Crippen molar-refractivity contribution in [2.45, 2.75) is 0 Å². The Labute approximate surface area is 437 Å². The van der Waals surface area contributed by atoms with Crippen molar-refractivity contribution in [2.75, 3.05) is 9.80 Å². The van der Waals surface area contributed by atoms with Crippen LogP contribution in [0.4, 0.5) is 54.3 Å². The SMILES string of the molecule is [C-]#[N+]c1cccc(-c2ccc(-c3cccc(C#N)c3)c(N(c3ccccc3)c3ccc4ccc5c(N(c6ccccc6)c6c(-c7cccc([N+]#[C-])c7)ccc(-c7cccc(C#N)c7)c6F)ccc6ccc3c4c65)c2F)c1. The topological polar surface area (TPSA) is 62.8 Å². The number of rotatable bonds is 10. The van der Waals surface area contributed by atoms with Crippen molar-refractivity contribution in [3.63, 3.8) is 0 Å². The zero-order valence-corrected chi connectivity index (χ0v) is 40.4. The molecule has 0 bridgehead atoms. The molecule has 0 fully saturated rings. The van der Waals surface area contributed by atoms with Gasteiger partial charge in [0.2, 0.25) is 0 Å². The molecule has 0 unspecified atom stereocenters. The summed E-state index contributed by atoms with van der Waals surface area (Å²) in [6, 6.07) is 75.5. The molecule has 0 aromatic heterocycles. The molecule has 0 aliphatic rings. The van der Waals surface area contributed by atoms with Gasteiger partial charge in [0.25, 0.3) is 0 Å². The number of benzene rings is 12. The summed E-state index contributed by atoms with van der Waals surface area (Å²) in [6.45, 7) is 15.6. The fourth-order valence-electron chi connectivity index (χ4n) is 10.6. The van der Waals surface area contributed by atoms with E-state index in [4.69, 9.17) is 13.1 Å². The molecule has 8 heteroatoms. The first-order chi connectivity index (χ1) is 37.3. The third-order valence-electron chi connectivity index (χ3n) is 14.0. The first kappa shape index (κ1) is 46.2. The van der Waals surface area contributed by atoms with E-state index in [1.165, 1.54) is 0 Å². The Morgan fingerprint density at radius 2 is 0.737 bits per heavy atom. The predicted octanol–water partition coefficient (Wildman–Crippen LogP) is 19.3. The van der Waals surface area contributed by atoms with E-state index in [-0.39, 0.29) is 11.4 Å². The van der Waals surface area contributed by atoms with Crippen molar-refractivity contribution in [3.8, 4) is 56.6 Å². The van der Waals surface area contributed by atoms with E-state index in [0.29, 0.717) is 89.8 Å². The van der Waals surface area contributed by atoms with Crippen molar-refractivity contribution >= 4 is 77.8 Å². The first-order valence-electron chi connectivity index (χ1n) is 24.4. The predicted molar refractivity (Wildman–Crippen MR) is 303 cm³/mol. The summed E-state index contributed by atoms with van der Waals surface area (Å²) in [5.74, 6) is -1.03. The van der Waals surface area contributed by atoms with Gasteiger partial charge in [0, 0.05) is 44.4 Å². The molecular formula is C68H38F2N6. The summed E-state index contributed by atoms with van der Waals surface area (Å²) in [6.07, 6.45) is 0. The van der Waals surface area contributed by atoms with Crippen LogP contribution in [0.25, 0.3) is 86.5 Å². The van der Waals surface area contributed by atoms with Crippen molar-refractivity contribution in [1.29, 1.82) is 10.5 Å². The van der Waals surface area contributed by atoms with Gasteiger partial charge in [-0.2, -0.15) is 10.5 Å². The highest BCUT2D eigenvalue weighted by molar-refractivity contribution is 6.28. The second-order valence-corrected chi connectivity index (χ2v) is 18.3. The van der Waals surface area contributed by atoms with Crippen LogP contribution in [0.1, 0.15) is 11.1 Å². The summed E-state index contributed by atoms with van der Waals surface area (Å²) in [4.78, 5) is 11.3. The zero-order valence-electron chi connectivity index (χ0n) is 40.4. The van der Waals surface area contributed by atoms with Crippen LogP contribution in [0.5, 0.6) is 0 Å². The van der Waals surface area contributed by atoms with Crippen molar-refractivity contribution in [1.82, 2.24) is 0 Å². The van der Waals surface area contributed by atoms with Crippen LogP contribution >= 0.6 is 0 Å². The molecule has 0 radical (unpaired) electrons. The third-order valence-corrected chi connectivity index (χ3v) is 14.0. The number of hydrogen-bond donors (Lipinski definition) is 0. The van der Waals surface area contributed by atoms with E-state index in [9.17, 15) is 10.5 Å². The minimum absolute atomic E-state index is 0.253. The van der Waals surface area contributed by atoms with Crippen LogP contribution in [-0.4, -0.2) is 0 Å². The van der Waals surface area contributed by atoms with E-state index >= 15 is 8.78 Å². The van der Waals surface area contributed by atoms with Crippen LogP contribution in [0.3, 0.4) is 0 Å². The average Bonchev–Trinajstić information content (AvgIpc) is 3.64. The average molecular weight is 977 g/mol. The monoisotopic (exact) mass is 976 g/mol. The van der Waals surface area contributed by atoms with E-state index in [2.05, 4.69) is 46.1 Å². The molecule has 0 aliphatic carbocycles. The summed E-state index contributed by atoms with van der Waals surface area (Å²) < 4.78 is 36.7. The number of halogens is 2. The summed E-state index contributed by atoms with van der Waals surface area (Å²) in [5, 5.41) is 25.3. The fraction of sp³-hybridized carbons (Fsp3) is 0. The molecule has 76 heavy (non-hydrogen) atoms. The standard InChI is InChI=1S/C68H38F2N6/c1-73-51-19-11-17-49(39-51)56-32-33-57(48-16-10-14-44(38-48)42-72)67(66(56)70)75(53-21-5-3-6-22-53)61-35-27-45-26-30-60-62(36-28-46-25-29-59(61)63(45)64(46)60)76(54-23-7-4-8-24-54)68-58(50-18-12-20-52(40-50)74-2)34-31-55(65(68)69)47-15-9-13-43(37-47)41-71/h3-40H. The van der Waals surface area contributed by atoms with E-state index < -0.39 is 11.6 Å². The Hall–Kier alpha value is -10.9. The molecule has 6 nitrogen and oxygen atoms in total. The molecule has 0 saturated heterocycles. The Bertz CT molecular complexity index is 4160. The van der Waals surface area contributed by atoms with Crippen LogP contribution in [0, 0.1) is 47.4 Å². The van der Waals surface area contributed by atoms with Gasteiger partial charge in [-0.05, 0) is 117 Å². The molecular weight excluding hydrogens is 939 g/mol. The lowest BCUT2D eigenvalue weighted by molar-refractivity contribution is 0.632. The minimum atomic E-state index is -0.516. The molecule has 12 aromatic carbocycles. The maximum Gasteiger partial charge on any atom is 0.187 e. The molecule has 12 rings (SSSR count). The quantitative estimate of drug-likeness (QED) is 0.101. The number of para-hydroxylation sites is 2. The van der Waals surface area contributed by atoms with E-state index in [1.54, 1.807) is 97.1 Å². The van der Waals surface area contributed by atoms with Gasteiger partial charge in [-0.1, -0.05) is 158 Å². The second kappa shape index (κ2) is 19.3. The minimum Gasteiger partial charge on any atom is -0.307 e. The summed E-state index contributed by atoms with van der Waals surface area (Å²) in [7, 11) is 0. The second-order valence-electron chi connectivity index (χ2n) is 18.3. The van der Waals surface area contributed by atoms with Crippen LogP contribution in [0.2, 0.25) is 0 Å². The third kappa shape index (κ3) is 7.94. The van der Waals surface area contributed by atoms with Crippen molar-refractivity contribution < 1.29 is 8.78 Å². The van der Waals surface area contributed by atoms with Gasteiger partial charge < -0.3 is 9.80 Å². The molecule has 0 amide bonds. The van der Waals surface area contributed by atoms with Gasteiger partial charge in [0.05, 0.1) is 59.2 Å². The highest BCUT2D eigenvalue weighted by atomic mass is 19.1. The number of anilines is 6. The van der Waals surface area contributed by atoms with Gasteiger partial charge in [-0.25, -0.2) is 18.5 Å². The Kier molecular flexibility index (Phi) is 11.7. The summed E-state index contributed by atoms with van der Waals surface area (Å²) >= 11 is 0. The van der Waals surface area contributed by atoms with Gasteiger partial charge in [-0.3, -0.25) is 0 Å². The maximum atomic E-state index is 18.4. The molecule has 0 saturated carbocycles. The normalized spacial score (nSPS) is 11.0. The van der Waals surface area contributed by atoms with Gasteiger partial charge >= 0.3 is 0 Å². The highest BCUT2D eigenvalue weighted by Gasteiger charge is 2.29. The van der Waals surface area contributed by atoms with E-state index in [1.807, 2.05) is 119 Å². The lowest BCUT2D eigenvalue weighted by atomic mass is 9.90.